The van der Waals surface area contributed by atoms with Gasteiger partial charge >= 0.3 is 77.3 Å². The number of rotatable bonds is 0. The standard InChI is InChI=1S/Ce.La.3O/q2*+3;3*-2. The van der Waals surface area contributed by atoms with Gasteiger partial charge in [-0.3, -0.25) is 0 Å². The molecular formula is CeLaO3. The van der Waals surface area contributed by atoms with Gasteiger partial charge in [0.15, 0.2) is 0 Å². The van der Waals surface area contributed by atoms with E-state index in [9.17, 15) is 0 Å². The summed E-state index contributed by atoms with van der Waals surface area (Å²) in [6.07, 6.45) is 0. The number of hydrogen-bond acceptors (Lipinski definition) is 0. The molecule has 0 heterocycles. The van der Waals surface area contributed by atoms with Crippen LogP contribution in [-0.2, 0) is 16.4 Å². The molecule has 0 atom stereocenters. The smallest absolute Gasteiger partial charge is 2.00 e. The van der Waals surface area contributed by atoms with Gasteiger partial charge in [0.25, 0.3) is 0 Å². The molecule has 0 spiro atoms. The third kappa shape index (κ3) is 21.3. The zero-order valence-electron chi connectivity index (χ0n) is 2.30. The van der Waals surface area contributed by atoms with Crippen LogP contribution >= 0.6 is 0 Å². The SMILES string of the molecule is [Ce+3].[La+3].[O-2].[O-2].[O-2]. The summed E-state index contributed by atoms with van der Waals surface area (Å²) in [6, 6.07) is 0. The maximum atomic E-state index is 0. The normalized spacial score (nSPS) is 0. The summed E-state index contributed by atoms with van der Waals surface area (Å²) in [6.45, 7) is 0. The van der Waals surface area contributed by atoms with Gasteiger partial charge in [-0.05, 0) is 0 Å². The second-order valence-corrected chi connectivity index (χ2v) is 0. The van der Waals surface area contributed by atoms with E-state index < -0.39 is 0 Å². The van der Waals surface area contributed by atoms with Crippen LogP contribution in [0, 0.1) is 77.3 Å². The third-order valence-electron chi connectivity index (χ3n) is 0. The van der Waals surface area contributed by atoms with Crippen molar-refractivity contribution in [2.45, 2.75) is 0 Å². The average Bonchev–Trinajstić information content (AvgIpc) is 0. The predicted octanol–water partition coefficient (Wildman–Crippen LogP) is -0.356. The van der Waals surface area contributed by atoms with E-state index in [1.165, 1.54) is 0 Å². The largest absolute Gasteiger partial charge is 3.00 e. The second kappa shape index (κ2) is 31.9. The molecule has 0 aliphatic heterocycles. The van der Waals surface area contributed by atoms with E-state index in [-0.39, 0.29) is 93.8 Å². The molecule has 0 aromatic rings. The van der Waals surface area contributed by atoms with Crippen molar-refractivity contribution in [2.75, 3.05) is 0 Å². The van der Waals surface area contributed by atoms with Crippen molar-refractivity contribution < 1.29 is 93.8 Å². The summed E-state index contributed by atoms with van der Waals surface area (Å²) < 4.78 is 0. The second-order valence-electron chi connectivity index (χ2n) is 0. The summed E-state index contributed by atoms with van der Waals surface area (Å²) in [4.78, 5) is 0. The van der Waals surface area contributed by atoms with Crippen molar-refractivity contribution in [1.82, 2.24) is 0 Å². The van der Waals surface area contributed by atoms with Crippen molar-refractivity contribution in [3.8, 4) is 0 Å². The molecule has 5 heavy (non-hydrogen) atoms. The zero-order valence-corrected chi connectivity index (χ0v) is 9.07. The molecule has 5 heteroatoms. The van der Waals surface area contributed by atoms with Crippen LogP contribution in [0.25, 0.3) is 0 Å². The fourth-order valence-corrected chi connectivity index (χ4v) is 0. The zero-order chi connectivity index (χ0) is 0. The van der Waals surface area contributed by atoms with Crippen molar-refractivity contribution in [2.24, 2.45) is 0 Å². The Balaban J connectivity index is 0. The Bertz CT molecular complexity index is 6.85. The molecule has 0 aliphatic rings. The van der Waals surface area contributed by atoms with E-state index in [0.29, 0.717) is 0 Å². The Hall–Kier alpha value is 2.45. The van der Waals surface area contributed by atoms with Gasteiger partial charge in [0.05, 0.1) is 0 Å². The van der Waals surface area contributed by atoms with Crippen molar-refractivity contribution in [1.29, 1.82) is 0 Å². The molecule has 0 amide bonds. The monoisotopic (exact) mass is 327 g/mol. The van der Waals surface area contributed by atoms with Crippen LogP contribution in [-0.4, -0.2) is 0 Å². The third-order valence-corrected chi connectivity index (χ3v) is 0. The van der Waals surface area contributed by atoms with E-state index >= 15 is 0 Å². The predicted molar refractivity (Wildman–Crippen MR) is 2.06 cm³/mol. The molecule has 0 unspecified atom stereocenters. The molecule has 0 saturated carbocycles. The minimum atomic E-state index is 0. The first-order valence-corrected chi connectivity index (χ1v) is 0. The molecule has 0 fully saturated rings. The van der Waals surface area contributed by atoms with Gasteiger partial charge in [0, 0.05) is 0 Å². The van der Waals surface area contributed by atoms with Crippen LogP contribution in [0.1, 0.15) is 0 Å². The first-order valence-electron chi connectivity index (χ1n) is 0. The van der Waals surface area contributed by atoms with E-state index in [0.717, 1.165) is 0 Å². The minimum absolute atomic E-state index is 0. The van der Waals surface area contributed by atoms with Crippen LogP contribution in [0.15, 0.2) is 0 Å². The van der Waals surface area contributed by atoms with Crippen molar-refractivity contribution in [3.05, 3.63) is 0 Å². The number of hydrogen-bond donors (Lipinski definition) is 0. The maximum absolute atomic E-state index is 0. The van der Waals surface area contributed by atoms with E-state index in [1.807, 2.05) is 0 Å². The fraction of sp³-hybridized carbons (Fsp3) is 0. The Kier molecular flexibility index (Phi) is 329. The summed E-state index contributed by atoms with van der Waals surface area (Å²) in [5.41, 5.74) is 0. The molecule has 0 bridgehead atoms. The van der Waals surface area contributed by atoms with Gasteiger partial charge in [-0.15, -0.1) is 0 Å². The van der Waals surface area contributed by atoms with Crippen LogP contribution in [0.4, 0.5) is 0 Å². The van der Waals surface area contributed by atoms with Gasteiger partial charge in [0.1, 0.15) is 0 Å². The molecule has 25 valence electrons. The Morgan fingerprint density at radius 3 is 0.600 bits per heavy atom. The molecule has 3 nitrogen and oxygen atoms in total. The van der Waals surface area contributed by atoms with Crippen LogP contribution in [0.5, 0.6) is 0 Å². The molecule has 0 N–H and O–H groups in total. The molecule has 0 aromatic carbocycles. The van der Waals surface area contributed by atoms with Gasteiger partial charge in [0.2, 0.25) is 0 Å². The quantitative estimate of drug-likeness (QED) is 0.582. The summed E-state index contributed by atoms with van der Waals surface area (Å²) in [5, 5.41) is 0. The van der Waals surface area contributed by atoms with E-state index in [1.54, 1.807) is 0 Å². The Morgan fingerprint density at radius 1 is 0.600 bits per heavy atom. The topological polar surface area (TPSA) is 85.5 Å². The van der Waals surface area contributed by atoms with E-state index in [2.05, 4.69) is 0 Å². The minimum Gasteiger partial charge on any atom is -2.00 e. The fourth-order valence-electron chi connectivity index (χ4n) is 0. The summed E-state index contributed by atoms with van der Waals surface area (Å²) >= 11 is 0. The first-order chi connectivity index (χ1) is 0. The van der Waals surface area contributed by atoms with E-state index in [4.69, 9.17) is 0 Å². The molecule has 0 aromatic heterocycles. The molecule has 1 radical (unpaired) electrons. The maximum Gasteiger partial charge on any atom is 3.00 e. The average molecular weight is 327 g/mol. The van der Waals surface area contributed by atoms with Gasteiger partial charge < -0.3 is 16.4 Å². The van der Waals surface area contributed by atoms with Crippen LogP contribution in [0.3, 0.4) is 0 Å². The molecule has 0 aliphatic carbocycles. The summed E-state index contributed by atoms with van der Waals surface area (Å²) in [5.74, 6) is 0. The molecular weight excluding hydrogens is 327 g/mol. The van der Waals surface area contributed by atoms with Gasteiger partial charge in [-0.2, -0.15) is 0 Å². The van der Waals surface area contributed by atoms with Gasteiger partial charge in [-0.1, -0.05) is 0 Å². The molecule has 0 saturated heterocycles. The molecule has 0 rings (SSSR count). The summed E-state index contributed by atoms with van der Waals surface area (Å²) in [7, 11) is 0. The van der Waals surface area contributed by atoms with Crippen LogP contribution in [0.2, 0.25) is 0 Å². The van der Waals surface area contributed by atoms with Crippen LogP contribution < -0.4 is 0 Å². The Morgan fingerprint density at radius 2 is 0.600 bits per heavy atom. The Labute approximate surface area is 91.8 Å². The first kappa shape index (κ1) is 51.6. The van der Waals surface area contributed by atoms with Gasteiger partial charge in [-0.25, -0.2) is 0 Å². The van der Waals surface area contributed by atoms with Crippen molar-refractivity contribution >= 4 is 0 Å². The van der Waals surface area contributed by atoms with Crippen molar-refractivity contribution in [3.63, 3.8) is 0 Å².